The molecule has 3 N–H and O–H groups in total. The molecule has 1 aromatic carbocycles. The van der Waals surface area contributed by atoms with Crippen LogP contribution < -0.4 is 11.1 Å². The van der Waals surface area contributed by atoms with E-state index in [9.17, 15) is 4.79 Å². The molecule has 0 saturated heterocycles. The van der Waals surface area contributed by atoms with Crippen molar-refractivity contribution in [2.24, 2.45) is 0 Å². The van der Waals surface area contributed by atoms with Crippen LogP contribution in [0.5, 0.6) is 0 Å². The fourth-order valence-electron chi connectivity index (χ4n) is 1.62. The molecule has 0 fully saturated rings. The predicted molar refractivity (Wildman–Crippen MR) is 75.3 cm³/mol. The fraction of sp³-hybridized carbons (Fsp3) is 0.154. The van der Waals surface area contributed by atoms with Crippen LogP contribution in [-0.2, 0) is 0 Å². The van der Waals surface area contributed by atoms with Crippen LogP contribution in [0, 0.1) is 13.8 Å². The van der Waals surface area contributed by atoms with Crippen LogP contribution in [-0.4, -0.2) is 15.9 Å². The highest BCUT2D eigenvalue weighted by Crippen LogP contribution is 2.20. The lowest BCUT2D eigenvalue weighted by Crippen LogP contribution is -2.15. The molecule has 0 aliphatic carbocycles. The van der Waals surface area contributed by atoms with Crippen molar-refractivity contribution >= 4 is 29.1 Å². The van der Waals surface area contributed by atoms with Gasteiger partial charge in [-0.15, -0.1) is 0 Å². The molecular formula is C13H13ClN4O. The summed E-state index contributed by atoms with van der Waals surface area (Å²) in [6.07, 6.45) is 0. The topological polar surface area (TPSA) is 80.9 Å². The number of halogens is 1. The highest BCUT2D eigenvalue weighted by atomic mass is 35.5. The molecule has 0 aliphatic heterocycles. The summed E-state index contributed by atoms with van der Waals surface area (Å²) in [6, 6.07) is 6.52. The van der Waals surface area contributed by atoms with E-state index in [0.717, 1.165) is 11.4 Å². The molecule has 0 atom stereocenters. The lowest BCUT2D eigenvalue weighted by Gasteiger charge is -2.06. The van der Waals surface area contributed by atoms with Gasteiger partial charge < -0.3 is 5.73 Å². The van der Waals surface area contributed by atoms with E-state index < -0.39 is 0 Å². The number of carbonyl (C=O) groups excluding carboxylic acids is 1. The van der Waals surface area contributed by atoms with Crippen LogP contribution in [0.3, 0.4) is 0 Å². The Balaban J connectivity index is 2.22. The number of nitrogens with zero attached hydrogens (tertiary/aromatic N) is 2. The average Bonchev–Trinajstić information content (AvgIpc) is 2.31. The maximum absolute atomic E-state index is 12.0. The van der Waals surface area contributed by atoms with E-state index in [1.807, 2.05) is 19.9 Å². The number of nitrogen functional groups attached to an aromatic ring is 1. The van der Waals surface area contributed by atoms with Gasteiger partial charge in [0, 0.05) is 17.0 Å². The zero-order chi connectivity index (χ0) is 14.0. The van der Waals surface area contributed by atoms with Crippen molar-refractivity contribution in [3.05, 3.63) is 46.2 Å². The molecule has 0 spiro atoms. The first-order chi connectivity index (χ1) is 8.95. The van der Waals surface area contributed by atoms with Gasteiger partial charge >= 0.3 is 0 Å². The number of anilines is 2. The molecule has 5 nitrogen and oxygen atoms in total. The number of aromatic nitrogens is 2. The van der Waals surface area contributed by atoms with Crippen LogP contribution in [0.4, 0.5) is 11.6 Å². The van der Waals surface area contributed by atoms with Crippen LogP contribution in [0.2, 0.25) is 5.02 Å². The van der Waals surface area contributed by atoms with Gasteiger partial charge in [-0.05, 0) is 38.1 Å². The SMILES string of the molecule is Cc1cc(C)nc(NC(=O)c2ccc(N)c(Cl)c2)n1. The molecule has 1 heterocycles. The molecule has 6 heteroatoms. The molecular weight excluding hydrogens is 264 g/mol. The standard InChI is InChI=1S/C13H13ClN4O/c1-7-5-8(2)17-13(16-7)18-12(19)9-3-4-11(15)10(14)6-9/h3-6H,15H2,1-2H3,(H,16,17,18,19). The van der Waals surface area contributed by atoms with Crippen molar-refractivity contribution in [3.63, 3.8) is 0 Å². The second-order valence-electron chi connectivity index (χ2n) is 4.16. The molecule has 2 rings (SSSR count). The van der Waals surface area contributed by atoms with Gasteiger partial charge in [-0.2, -0.15) is 0 Å². The van der Waals surface area contributed by atoms with Gasteiger partial charge in [0.25, 0.3) is 5.91 Å². The van der Waals surface area contributed by atoms with Gasteiger partial charge in [-0.25, -0.2) is 9.97 Å². The van der Waals surface area contributed by atoms with Gasteiger partial charge in [0.15, 0.2) is 0 Å². The number of nitrogens with one attached hydrogen (secondary N) is 1. The third-order valence-corrected chi connectivity index (χ3v) is 2.80. The van der Waals surface area contributed by atoms with Gasteiger partial charge in [-0.3, -0.25) is 10.1 Å². The number of hydrogen-bond acceptors (Lipinski definition) is 4. The molecule has 0 bridgehead atoms. The minimum Gasteiger partial charge on any atom is -0.398 e. The van der Waals surface area contributed by atoms with Crippen LogP contribution >= 0.6 is 11.6 Å². The molecule has 19 heavy (non-hydrogen) atoms. The quantitative estimate of drug-likeness (QED) is 0.826. The monoisotopic (exact) mass is 276 g/mol. The maximum atomic E-state index is 12.0. The zero-order valence-electron chi connectivity index (χ0n) is 10.6. The smallest absolute Gasteiger partial charge is 0.258 e. The van der Waals surface area contributed by atoms with Crippen molar-refractivity contribution in [1.29, 1.82) is 0 Å². The molecule has 0 unspecified atom stereocenters. The minimum absolute atomic E-state index is 0.274. The predicted octanol–water partition coefficient (Wildman–Crippen LogP) is 2.58. The van der Waals surface area contributed by atoms with Crippen molar-refractivity contribution in [3.8, 4) is 0 Å². The van der Waals surface area contributed by atoms with E-state index in [1.165, 1.54) is 6.07 Å². The Kier molecular flexibility index (Phi) is 3.66. The Labute approximate surface area is 115 Å². The number of rotatable bonds is 2. The largest absolute Gasteiger partial charge is 0.398 e. The number of amides is 1. The van der Waals surface area contributed by atoms with E-state index in [4.69, 9.17) is 17.3 Å². The van der Waals surface area contributed by atoms with Crippen molar-refractivity contribution < 1.29 is 4.79 Å². The second kappa shape index (κ2) is 5.24. The summed E-state index contributed by atoms with van der Waals surface area (Å²) in [5.41, 5.74) is 8.01. The normalized spacial score (nSPS) is 10.3. The Morgan fingerprint density at radius 2 is 1.84 bits per heavy atom. The average molecular weight is 277 g/mol. The van der Waals surface area contributed by atoms with Gasteiger partial charge in [-0.1, -0.05) is 11.6 Å². The highest BCUT2D eigenvalue weighted by Gasteiger charge is 2.10. The van der Waals surface area contributed by atoms with Gasteiger partial charge in [0.1, 0.15) is 0 Å². The first-order valence-corrected chi connectivity index (χ1v) is 6.02. The maximum Gasteiger partial charge on any atom is 0.258 e. The number of aryl methyl sites for hydroxylation is 2. The van der Waals surface area contributed by atoms with E-state index in [0.29, 0.717) is 16.3 Å². The van der Waals surface area contributed by atoms with Gasteiger partial charge in [0.05, 0.1) is 10.7 Å². The summed E-state index contributed by atoms with van der Waals surface area (Å²) >= 11 is 5.88. The first-order valence-electron chi connectivity index (χ1n) is 5.64. The van der Waals surface area contributed by atoms with Crippen LogP contribution in [0.1, 0.15) is 21.7 Å². The van der Waals surface area contributed by atoms with Crippen molar-refractivity contribution in [2.45, 2.75) is 13.8 Å². The second-order valence-corrected chi connectivity index (χ2v) is 4.57. The summed E-state index contributed by atoms with van der Waals surface area (Å²) in [4.78, 5) is 20.3. The van der Waals surface area contributed by atoms with E-state index in [2.05, 4.69) is 15.3 Å². The lowest BCUT2D eigenvalue weighted by molar-refractivity contribution is 0.102. The Morgan fingerprint density at radius 1 is 1.21 bits per heavy atom. The summed E-state index contributed by atoms with van der Waals surface area (Å²) in [5.74, 6) is -0.0534. The van der Waals surface area contributed by atoms with Crippen LogP contribution in [0.15, 0.2) is 24.3 Å². The van der Waals surface area contributed by atoms with E-state index in [1.54, 1.807) is 12.1 Å². The third-order valence-electron chi connectivity index (χ3n) is 2.47. The number of carbonyl (C=O) groups is 1. The lowest BCUT2D eigenvalue weighted by atomic mass is 10.2. The first kappa shape index (κ1) is 13.3. The fourth-order valence-corrected chi connectivity index (χ4v) is 1.80. The number of hydrogen-bond donors (Lipinski definition) is 2. The highest BCUT2D eigenvalue weighted by molar-refractivity contribution is 6.33. The molecule has 98 valence electrons. The van der Waals surface area contributed by atoms with Crippen molar-refractivity contribution in [1.82, 2.24) is 9.97 Å². The minimum atomic E-state index is -0.327. The Bertz CT molecular complexity index is 622. The molecule has 0 saturated carbocycles. The Hall–Kier alpha value is -2.14. The molecule has 2 aromatic rings. The number of benzene rings is 1. The molecule has 0 radical (unpaired) electrons. The summed E-state index contributed by atoms with van der Waals surface area (Å²) < 4.78 is 0. The summed E-state index contributed by atoms with van der Waals surface area (Å²) in [5, 5.41) is 2.97. The third kappa shape index (κ3) is 3.20. The van der Waals surface area contributed by atoms with Gasteiger partial charge in [0.2, 0.25) is 5.95 Å². The summed E-state index contributed by atoms with van der Waals surface area (Å²) in [6.45, 7) is 3.68. The molecule has 1 amide bonds. The summed E-state index contributed by atoms with van der Waals surface area (Å²) in [7, 11) is 0. The number of nitrogens with two attached hydrogens (primary N) is 1. The Morgan fingerprint density at radius 3 is 2.42 bits per heavy atom. The molecule has 0 aliphatic rings. The van der Waals surface area contributed by atoms with E-state index >= 15 is 0 Å². The van der Waals surface area contributed by atoms with Crippen LogP contribution in [0.25, 0.3) is 0 Å². The van der Waals surface area contributed by atoms with Crippen molar-refractivity contribution in [2.75, 3.05) is 11.1 Å². The molecule has 1 aromatic heterocycles. The zero-order valence-corrected chi connectivity index (χ0v) is 11.3. The van der Waals surface area contributed by atoms with E-state index in [-0.39, 0.29) is 11.9 Å².